The van der Waals surface area contributed by atoms with E-state index in [1.807, 2.05) is 0 Å². The number of halogens is 6. The number of alkyl halides is 6. The SMILES string of the molecule is CCC[CH2][Sn][CH2]CCC.O=C(O)c1ccc(C(c2ccc(C(=O)O)cc2)(C(F)(F)F)C(F)(F)F)cc1. The zero-order valence-electron chi connectivity index (χ0n) is 19.8. The molecule has 2 aromatic carbocycles. The van der Waals surface area contributed by atoms with Crippen LogP contribution in [0.15, 0.2) is 48.5 Å². The van der Waals surface area contributed by atoms with Crippen molar-refractivity contribution < 1.29 is 46.1 Å². The molecule has 0 aromatic heterocycles. The summed E-state index contributed by atoms with van der Waals surface area (Å²) >= 11 is 0.149. The Bertz CT molecular complexity index is 891. The number of benzene rings is 2. The molecule has 2 rings (SSSR count). The summed E-state index contributed by atoms with van der Waals surface area (Å²) in [5, 5.41) is 17.6. The van der Waals surface area contributed by atoms with Crippen molar-refractivity contribution in [3.63, 3.8) is 0 Å². The Balaban J connectivity index is 0.000000613. The Morgan fingerprint density at radius 2 is 0.972 bits per heavy atom. The van der Waals surface area contributed by atoms with Crippen LogP contribution in [0.1, 0.15) is 71.4 Å². The first kappa shape index (κ1) is 31.8. The Kier molecular flexibility index (Phi) is 12.3. The minimum Gasteiger partial charge on any atom is -0.478 e. The number of rotatable bonds is 10. The van der Waals surface area contributed by atoms with E-state index >= 15 is 0 Å². The van der Waals surface area contributed by atoms with Crippen molar-refractivity contribution >= 4 is 33.1 Å². The van der Waals surface area contributed by atoms with Gasteiger partial charge in [0.2, 0.25) is 5.41 Å². The third-order valence-electron chi connectivity index (χ3n) is 5.39. The van der Waals surface area contributed by atoms with Gasteiger partial charge in [0.15, 0.2) is 0 Å². The van der Waals surface area contributed by atoms with Gasteiger partial charge in [-0.05, 0) is 35.4 Å². The monoisotopic (exact) mass is 626 g/mol. The molecule has 0 saturated carbocycles. The molecular weight excluding hydrogens is 597 g/mol. The predicted octanol–water partition coefficient (Wildman–Crippen LogP) is 7.62. The maximum atomic E-state index is 13.8. The molecule has 0 aliphatic carbocycles. The van der Waals surface area contributed by atoms with Crippen LogP contribution in [0.4, 0.5) is 26.3 Å². The number of aromatic carboxylic acids is 2. The summed E-state index contributed by atoms with van der Waals surface area (Å²) in [4.78, 5) is 21.7. The molecule has 11 heteroatoms. The minimum absolute atomic E-state index is 0.149. The molecule has 198 valence electrons. The summed E-state index contributed by atoms with van der Waals surface area (Å²) in [7, 11) is 0. The van der Waals surface area contributed by atoms with Gasteiger partial charge in [0.25, 0.3) is 0 Å². The van der Waals surface area contributed by atoms with E-state index in [1.54, 1.807) is 8.87 Å². The van der Waals surface area contributed by atoms with Crippen LogP contribution < -0.4 is 0 Å². The van der Waals surface area contributed by atoms with Gasteiger partial charge in [-0.2, -0.15) is 26.3 Å². The van der Waals surface area contributed by atoms with E-state index in [0.29, 0.717) is 48.5 Å². The van der Waals surface area contributed by atoms with Crippen LogP contribution in [-0.4, -0.2) is 55.6 Å². The molecule has 0 unspecified atom stereocenters. The predicted molar refractivity (Wildman–Crippen MR) is 125 cm³/mol. The minimum atomic E-state index is -5.85. The van der Waals surface area contributed by atoms with E-state index in [0.717, 1.165) is 0 Å². The molecule has 0 atom stereocenters. The molecule has 0 fully saturated rings. The third kappa shape index (κ3) is 7.88. The molecule has 2 aromatic rings. The van der Waals surface area contributed by atoms with Gasteiger partial charge in [-0.1, -0.05) is 24.3 Å². The second kappa shape index (κ2) is 13.9. The second-order valence-corrected chi connectivity index (χ2v) is 12.2. The quantitative estimate of drug-likeness (QED) is 0.162. The van der Waals surface area contributed by atoms with Gasteiger partial charge in [-0.15, -0.1) is 0 Å². The Hall–Kier alpha value is -2.24. The first-order valence-corrected chi connectivity index (χ1v) is 15.3. The van der Waals surface area contributed by atoms with Gasteiger partial charge >= 0.3 is 93.8 Å². The average Bonchev–Trinajstić information content (AvgIpc) is 2.79. The van der Waals surface area contributed by atoms with Crippen molar-refractivity contribution in [1.82, 2.24) is 0 Å². The standard InChI is InChI=1S/C17H10F6O4.2C4H9.Sn/c18-16(19,20)15(17(21,22)23,11-5-1-9(2-6-11)13(24)25)12-7-3-10(4-8-12)14(26)27;2*1-3-4-2;/h1-8H,(H,24,25)(H,26,27);2*1,3-4H2,2H3;. The topological polar surface area (TPSA) is 74.6 Å². The molecule has 0 bridgehead atoms. The zero-order valence-corrected chi connectivity index (χ0v) is 22.7. The normalized spacial score (nSPS) is 12.0. The molecule has 0 saturated heterocycles. The number of unbranched alkanes of at least 4 members (excludes halogenated alkanes) is 2. The van der Waals surface area contributed by atoms with Crippen LogP contribution in [0.2, 0.25) is 8.87 Å². The summed E-state index contributed by atoms with van der Waals surface area (Å²) in [5.41, 5.74) is -7.92. The van der Waals surface area contributed by atoms with E-state index in [1.165, 1.54) is 25.7 Å². The average molecular weight is 625 g/mol. The Labute approximate surface area is 215 Å². The molecule has 2 radical (unpaired) electrons. The Morgan fingerprint density at radius 1 is 0.667 bits per heavy atom. The van der Waals surface area contributed by atoms with Crippen molar-refractivity contribution in [2.24, 2.45) is 0 Å². The summed E-state index contributed by atoms with van der Waals surface area (Å²) in [6, 6.07) is 4.30. The molecule has 4 nitrogen and oxygen atoms in total. The van der Waals surface area contributed by atoms with E-state index in [9.17, 15) is 35.9 Å². The molecular formula is C25H28F6O4Sn. The molecule has 0 aliphatic heterocycles. The zero-order chi connectivity index (χ0) is 27.6. The van der Waals surface area contributed by atoms with Gasteiger partial charge in [0, 0.05) is 0 Å². The fourth-order valence-corrected chi connectivity index (χ4v) is 7.59. The maximum Gasteiger partial charge on any atom is 0.411 e. The van der Waals surface area contributed by atoms with Crippen molar-refractivity contribution in [3.05, 3.63) is 70.8 Å². The molecule has 36 heavy (non-hydrogen) atoms. The number of carbonyl (C=O) groups is 2. The van der Waals surface area contributed by atoms with Crippen LogP contribution in [0.25, 0.3) is 0 Å². The molecule has 2 N–H and O–H groups in total. The molecule has 0 aliphatic rings. The summed E-state index contributed by atoms with van der Waals surface area (Å²) < 4.78 is 86.1. The van der Waals surface area contributed by atoms with E-state index in [-0.39, 0.29) is 21.1 Å². The largest absolute Gasteiger partial charge is 0.478 e. The summed E-state index contributed by atoms with van der Waals surface area (Å²) in [6.45, 7) is 4.58. The van der Waals surface area contributed by atoms with Gasteiger partial charge in [-0.3, -0.25) is 0 Å². The number of hydrogen-bond acceptors (Lipinski definition) is 2. The first-order valence-electron chi connectivity index (χ1n) is 11.3. The first-order chi connectivity index (χ1) is 16.7. The van der Waals surface area contributed by atoms with Crippen LogP contribution in [0, 0.1) is 0 Å². The number of carboxylic acids is 2. The van der Waals surface area contributed by atoms with Gasteiger partial charge in [0.05, 0.1) is 11.1 Å². The van der Waals surface area contributed by atoms with Crippen LogP contribution in [-0.2, 0) is 5.41 Å². The van der Waals surface area contributed by atoms with Crippen LogP contribution >= 0.6 is 0 Å². The van der Waals surface area contributed by atoms with Gasteiger partial charge < -0.3 is 10.2 Å². The number of hydrogen-bond donors (Lipinski definition) is 2. The smallest absolute Gasteiger partial charge is 0.411 e. The van der Waals surface area contributed by atoms with E-state index in [2.05, 4.69) is 13.8 Å². The summed E-state index contributed by atoms with van der Waals surface area (Å²) in [5.74, 6) is -3.03. The third-order valence-corrected chi connectivity index (χ3v) is 9.43. The van der Waals surface area contributed by atoms with E-state index in [4.69, 9.17) is 10.2 Å². The number of carboxylic acid groups (broad SMARTS) is 2. The van der Waals surface area contributed by atoms with Crippen molar-refractivity contribution in [2.45, 2.75) is 66.2 Å². The maximum absolute atomic E-state index is 13.8. The van der Waals surface area contributed by atoms with Crippen molar-refractivity contribution in [3.8, 4) is 0 Å². The Morgan fingerprint density at radius 3 is 1.19 bits per heavy atom. The molecule has 0 spiro atoms. The molecule has 0 heterocycles. The van der Waals surface area contributed by atoms with Gasteiger partial charge in [-0.25, -0.2) is 9.59 Å². The van der Waals surface area contributed by atoms with Crippen molar-refractivity contribution in [2.75, 3.05) is 0 Å². The fraction of sp³-hybridized carbons (Fsp3) is 0.440. The van der Waals surface area contributed by atoms with E-state index < -0.39 is 52.0 Å². The fourth-order valence-electron chi connectivity index (χ4n) is 3.44. The summed E-state index contributed by atoms with van der Waals surface area (Å²) in [6.07, 6.45) is -5.85. The van der Waals surface area contributed by atoms with Crippen LogP contribution in [0.5, 0.6) is 0 Å². The molecule has 0 amide bonds. The van der Waals surface area contributed by atoms with Crippen LogP contribution in [0.3, 0.4) is 0 Å². The van der Waals surface area contributed by atoms with Crippen molar-refractivity contribution in [1.29, 1.82) is 0 Å². The second-order valence-electron chi connectivity index (χ2n) is 7.97. The van der Waals surface area contributed by atoms with Gasteiger partial charge in [0.1, 0.15) is 0 Å².